The summed E-state index contributed by atoms with van der Waals surface area (Å²) >= 11 is 0. The van der Waals surface area contributed by atoms with Crippen LogP contribution in [0.4, 0.5) is 0 Å². The lowest BCUT2D eigenvalue weighted by Gasteiger charge is -2.29. The SMILES string of the molecule is CCC(O)(CC)CC(C)CC(C)C. The Bertz CT molecular complexity index is 125. The van der Waals surface area contributed by atoms with Crippen molar-refractivity contribution < 1.29 is 5.11 Å². The predicted octanol–water partition coefficient (Wildman–Crippen LogP) is 3.61. The summed E-state index contributed by atoms with van der Waals surface area (Å²) in [6.07, 6.45) is 3.94. The van der Waals surface area contributed by atoms with Gasteiger partial charge in [-0.05, 0) is 37.5 Å². The summed E-state index contributed by atoms with van der Waals surface area (Å²) in [7, 11) is 0. The molecule has 1 heteroatoms. The van der Waals surface area contributed by atoms with Gasteiger partial charge in [0.1, 0.15) is 0 Å². The zero-order valence-corrected chi connectivity index (χ0v) is 9.93. The van der Waals surface area contributed by atoms with E-state index >= 15 is 0 Å². The standard InChI is InChI=1S/C12H26O/c1-6-12(13,7-2)9-11(5)8-10(3)4/h10-11,13H,6-9H2,1-5H3. The van der Waals surface area contributed by atoms with Crippen molar-refractivity contribution in [2.75, 3.05) is 0 Å². The monoisotopic (exact) mass is 186 g/mol. The fourth-order valence-electron chi connectivity index (χ4n) is 2.08. The molecule has 0 aromatic carbocycles. The Morgan fingerprint density at radius 2 is 1.54 bits per heavy atom. The van der Waals surface area contributed by atoms with Crippen molar-refractivity contribution >= 4 is 0 Å². The second-order valence-electron chi connectivity index (χ2n) is 4.87. The zero-order valence-electron chi connectivity index (χ0n) is 9.93. The molecule has 1 unspecified atom stereocenters. The molecule has 0 aromatic heterocycles. The van der Waals surface area contributed by atoms with E-state index in [4.69, 9.17) is 0 Å². The van der Waals surface area contributed by atoms with Crippen LogP contribution in [0.1, 0.15) is 60.3 Å². The number of aliphatic hydroxyl groups is 1. The van der Waals surface area contributed by atoms with E-state index in [9.17, 15) is 5.11 Å². The molecule has 80 valence electrons. The van der Waals surface area contributed by atoms with Crippen LogP contribution in [0, 0.1) is 11.8 Å². The summed E-state index contributed by atoms with van der Waals surface area (Å²) in [5.41, 5.74) is -0.408. The molecule has 0 aromatic rings. The van der Waals surface area contributed by atoms with Gasteiger partial charge in [0.05, 0.1) is 5.60 Å². The molecule has 0 rings (SSSR count). The van der Waals surface area contributed by atoms with Gasteiger partial charge >= 0.3 is 0 Å². The molecular weight excluding hydrogens is 160 g/mol. The van der Waals surface area contributed by atoms with E-state index in [1.807, 2.05) is 0 Å². The Labute approximate surface area is 83.5 Å². The average molecular weight is 186 g/mol. The topological polar surface area (TPSA) is 20.2 Å². The highest BCUT2D eigenvalue weighted by molar-refractivity contribution is 4.77. The van der Waals surface area contributed by atoms with Crippen LogP contribution < -0.4 is 0 Å². The smallest absolute Gasteiger partial charge is 0.0645 e. The van der Waals surface area contributed by atoms with Crippen molar-refractivity contribution in [2.24, 2.45) is 11.8 Å². The molecule has 1 nitrogen and oxygen atoms in total. The van der Waals surface area contributed by atoms with Crippen molar-refractivity contribution in [3.8, 4) is 0 Å². The van der Waals surface area contributed by atoms with Gasteiger partial charge in [-0.15, -0.1) is 0 Å². The normalized spacial score (nSPS) is 15.0. The maximum Gasteiger partial charge on any atom is 0.0645 e. The van der Waals surface area contributed by atoms with Crippen LogP contribution in [0.3, 0.4) is 0 Å². The Kier molecular flexibility index (Phi) is 5.62. The Morgan fingerprint density at radius 1 is 1.08 bits per heavy atom. The van der Waals surface area contributed by atoms with E-state index < -0.39 is 5.60 Å². The van der Waals surface area contributed by atoms with Gasteiger partial charge in [-0.3, -0.25) is 0 Å². The molecule has 0 aliphatic heterocycles. The number of hydrogen-bond acceptors (Lipinski definition) is 1. The van der Waals surface area contributed by atoms with Gasteiger partial charge in [0.25, 0.3) is 0 Å². The van der Waals surface area contributed by atoms with Crippen molar-refractivity contribution in [3.63, 3.8) is 0 Å². The van der Waals surface area contributed by atoms with Crippen LogP contribution in [-0.2, 0) is 0 Å². The third kappa shape index (κ3) is 5.30. The minimum absolute atomic E-state index is 0.408. The molecule has 0 spiro atoms. The highest BCUT2D eigenvalue weighted by Crippen LogP contribution is 2.27. The van der Waals surface area contributed by atoms with E-state index in [2.05, 4.69) is 34.6 Å². The fraction of sp³-hybridized carbons (Fsp3) is 1.00. The molecule has 1 N–H and O–H groups in total. The van der Waals surface area contributed by atoms with Crippen molar-refractivity contribution in [1.82, 2.24) is 0 Å². The maximum absolute atomic E-state index is 10.1. The summed E-state index contributed by atoms with van der Waals surface area (Å²) in [4.78, 5) is 0. The average Bonchev–Trinajstić information content (AvgIpc) is 2.02. The van der Waals surface area contributed by atoms with Crippen LogP contribution in [0.25, 0.3) is 0 Å². The molecule has 0 bridgehead atoms. The second kappa shape index (κ2) is 5.64. The van der Waals surface area contributed by atoms with E-state index in [1.165, 1.54) is 6.42 Å². The van der Waals surface area contributed by atoms with Gasteiger partial charge in [0.15, 0.2) is 0 Å². The number of rotatable bonds is 6. The van der Waals surface area contributed by atoms with Gasteiger partial charge < -0.3 is 5.11 Å². The highest BCUT2D eigenvalue weighted by Gasteiger charge is 2.24. The van der Waals surface area contributed by atoms with Crippen molar-refractivity contribution in [2.45, 2.75) is 65.9 Å². The van der Waals surface area contributed by atoms with E-state index in [0.29, 0.717) is 5.92 Å². The predicted molar refractivity (Wildman–Crippen MR) is 58.8 cm³/mol. The second-order valence-corrected chi connectivity index (χ2v) is 4.87. The van der Waals surface area contributed by atoms with Crippen molar-refractivity contribution in [3.05, 3.63) is 0 Å². The Hall–Kier alpha value is -0.0400. The summed E-state index contributed by atoms with van der Waals surface area (Å²) < 4.78 is 0. The van der Waals surface area contributed by atoms with Crippen LogP contribution >= 0.6 is 0 Å². The molecule has 0 aliphatic rings. The van der Waals surface area contributed by atoms with Gasteiger partial charge in [-0.2, -0.15) is 0 Å². The molecule has 0 amide bonds. The van der Waals surface area contributed by atoms with Gasteiger partial charge in [0, 0.05) is 0 Å². The zero-order chi connectivity index (χ0) is 10.5. The molecule has 0 saturated carbocycles. The molecule has 0 saturated heterocycles. The molecule has 0 radical (unpaired) electrons. The minimum atomic E-state index is -0.408. The van der Waals surface area contributed by atoms with Crippen LogP contribution in [-0.4, -0.2) is 10.7 Å². The minimum Gasteiger partial charge on any atom is -0.390 e. The molecule has 0 heterocycles. The summed E-state index contributed by atoms with van der Waals surface area (Å²) in [5, 5.41) is 10.1. The summed E-state index contributed by atoms with van der Waals surface area (Å²) in [6, 6.07) is 0. The Balaban J connectivity index is 3.94. The first-order valence-corrected chi connectivity index (χ1v) is 5.66. The Morgan fingerprint density at radius 3 is 1.85 bits per heavy atom. The third-order valence-electron chi connectivity index (χ3n) is 2.92. The van der Waals surface area contributed by atoms with Gasteiger partial charge in [-0.25, -0.2) is 0 Å². The first-order valence-electron chi connectivity index (χ1n) is 5.66. The molecule has 0 aliphatic carbocycles. The van der Waals surface area contributed by atoms with E-state index in [1.54, 1.807) is 0 Å². The molecule has 0 fully saturated rings. The van der Waals surface area contributed by atoms with E-state index in [-0.39, 0.29) is 0 Å². The third-order valence-corrected chi connectivity index (χ3v) is 2.92. The van der Waals surface area contributed by atoms with Gasteiger partial charge in [0.2, 0.25) is 0 Å². The van der Waals surface area contributed by atoms with Crippen LogP contribution in [0.5, 0.6) is 0 Å². The lowest BCUT2D eigenvalue weighted by Crippen LogP contribution is -2.29. The van der Waals surface area contributed by atoms with Crippen LogP contribution in [0.2, 0.25) is 0 Å². The first-order chi connectivity index (χ1) is 5.93. The van der Waals surface area contributed by atoms with E-state index in [0.717, 1.165) is 25.2 Å². The van der Waals surface area contributed by atoms with Crippen LogP contribution in [0.15, 0.2) is 0 Å². The van der Waals surface area contributed by atoms with Crippen molar-refractivity contribution in [1.29, 1.82) is 0 Å². The molecular formula is C12H26O. The van der Waals surface area contributed by atoms with Gasteiger partial charge in [-0.1, -0.05) is 34.6 Å². The largest absolute Gasteiger partial charge is 0.390 e. The quantitative estimate of drug-likeness (QED) is 0.672. The fourth-order valence-corrected chi connectivity index (χ4v) is 2.08. The summed E-state index contributed by atoms with van der Waals surface area (Å²) in [5.74, 6) is 1.39. The first kappa shape index (κ1) is 13.0. The molecule has 13 heavy (non-hydrogen) atoms. The maximum atomic E-state index is 10.1. The number of hydrogen-bond donors (Lipinski definition) is 1. The molecule has 1 atom stereocenters. The highest BCUT2D eigenvalue weighted by atomic mass is 16.3. The lowest BCUT2D eigenvalue weighted by molar-refractivity contribution is 0.00767. The summed E-state index contributed by atoms with van der Waals surface area (Å²) in [6.45, 7) is 10.9. The lowest BCUT2D eigenvalue weighted by atomic mass is 9.83.